The van der Waals surface area contributed by atoms with Crippen LogP contribution in [0.3, 0.4) is 0 Å². The smallest absolute Gasteiger partial charge is 0.331 e. The Labute approximate surface area is 274 Å². The average Bonchev–Trinajstić information content (AvgIpc) is 3.28. The minimum absolute atomic E-state index is 0.0549. The summed E-state index contributed by atoms with van der Waals surface area (Å²) < 4.78 is 11.5. The van der Waals surface area contributed by atoms with Gasteiger partial charge in [-0.2, -0.15) is 0 Å². The number of rotatable bonds is 9. The Hall–Kier alpha value is -2.23. The van der Waals surface area contributed by atoms with Crippen LogP contribution in [0.5, 0.6) is 11.5 Å². The second-order valence-electron chi connectivity index (χ2n) is 16.8. The molecule has 250 valence electrons. The van der Waals surface area contributed by atoms with Gasteiger partial charge >= 0.3 is 5.97 Å². The largest absolute Gasteiger partial charge is 0.504 e. The maximum Gasteiger partial charge on any atom is 0.331 e. The summed E-state index contributed by atoms with van der Waals surface area (Å²) in [6, 6.07) is 5.08. The van der Waals surface area contributed by atoms with Gasteiger partial charge in [-0.15, -0.1) is 0 Å². The number of esters is 1. The molecule has 1 aromatic carbocycles. The van der Waals surface area contributed by atoms with Crippen LogP contribution in [0.1, 0.15) is 132 Å². The first-order chi connectivity index (χ1) is 21.2. The Bertz CT molecular complexity index is 1290. The maximum atomic E-state index is 13.1. The lowest BCUT2D eigenvalue weighted by atomic mass is 9.36. The molecule has 1 N–H and O–H groups in total. The zero-order valence-corrected chi connectivity index (χ0v) is 29.9. The van der Waals surface area contributed by atoms with E-state index in [-0.39, 0.29) is 23.2 Å². The molecule has 0 amide bonds. The van der Waals surface area contributed by atoms with Crippen LogP contribution in [0.25, 0.3) is 6.08 Å². The second-order valence-corrected chi connectivity index (χ2v) is 16.8. The highest BCUT2D eigenvalue weighted by molar-refractivity contribution is 5.87. The molecule has 0 radical (unpaired) electrons. The van der Waals surface area contributed by atoms with E-state index >= 15 is 0 Å². The number of ether oxygens (including phenoxy) is 2. The van der Waals surface area contributed by atoms with Gasteiger partial charge in [-0.1, -0.05) is 59.3 Å². The van der Waals surface area contributed by atoms with Gasteiger partial charge in [0.05, 0.1) is 7.11 Å². The van der Waals surface area contributed by atoms with Gasteiger partial charge in [0.1, 0.15) is 6.10 Å². The van der Waals surface area contributed by atoms with Crippen LogP contribution in [-0.2, 0) is 9.53 Å². The van der Waals surface area contributed by atoms with Gasteiger partial charge in [0.2, 0.25) is 0 Å². The molecule has 4 heteroatoms. The molecular formula is C41H62O4. The lowest BCUT2D eigenvalue weighted by Gasteiger charge is -2.69. The van der Waals surface area contributed by atoms with E-state index < -0.39 is 0 Å². The lowest BCUT2D eigenvalue weighted by molar-refractivity contribution is -0.215. The average molecular weight is 619 g/mol. The molecule has 4 saturated carbocycles. The molecule has 0 spiro atoms. The first-order valence-corrected chi connectivity index (χ1v) is 18.1. The monoisotopic (exact) mass is 618 g/mol. The highest BCUT2D eigenvalue weighted by Gasteiger charge is 2.69. The molecule has 4 aliphatic carbocycles. The van der Waals surface area contributed by atoms with Crippen molar-refractivity contribution < 1.29 is 19.4 Å². The van der Waals surface area contributed by atoms with E-state index in [0.717, 1.165) is 29.7 Å². The van der Waals surface area contributed by atoms with Crippen LogP contribution in [0, 0.1) is 51.2 Å². The molecule has 0 heterocycles. The van der Waals surface area contributed by atoms with E-state index in [9.17, 15) is 9.90 Å². The predicted molar refractivity (Wildman–Crippen MR) is 185 cm³/mol. The molecule has 4 fully saturated rings. The summed E-state index contributed by atoms with van der Waals surface area (Å²) in [6.07, 6.45) is 19.7. The molecule has 0 unspecified atom stereocenters. The van der Waals surface area contributed by atoms with Crippen molar-refractivity contribution in [1.82, 2.24) is 0 Å². The van der Waals surface area contributed by atoms with E-state index in [4.69, 9.17) is 9.47 Å². The molecule has 9 atom stereocenters. The van der Waals surface area contributed by atoms with Gasteiger partial charge in [-0.05, 0) is 154 Å². The van der Waals surface area contributed by atoms with Crippen LogP contribution < -0.4 is 4.74 Å². The quantitative estimate of drug-likeness (QED) is 0.170. The minimum Gasteiger partial charge on any atom is -0.504 e. The van der Waals surface area contributed by atoms with Crippen molar-refractivity contribution in [3.8, 4) is 11.5 Å². The molecule has 4 nitrogen and oxygen atoms in total. The van der Waals surface area contributed by atoms with E-state index in [1.807, 2.05) is 0 Å². The van der Waals surface area contributed by atoms with Gasteiger partial charge < -0.3 is 14.6 Å². The standard InChI is InChI=1S/C41H62O4/c1-10-41-25-24-39(7)30(28(4)13-11-12-27(2)3)22-23-40(39,8)35(41)19-16-31-32(41)17-20-36(38(31,5)6)45-37(43)21-15-29-14-18-33(42)34(26-29)44-9/h12,14-15,18,21,26,28,30-32,35-36,42H,10-11,13,16-17,19-20,22-25H2,1-9H3/t28-,30+,31-,32-,35+,36-,39-,40+,41+/m1/s1. The summed E-state index contributed by atoms with van der Waals surface area (Å²) in [4.78, 5) is 13.1. The first-order valence-electron chi connectivity index (χ1n) is 18.1. The number of fused-ring (bicyclic) bond motifs is 5. The Morgan fingerprint density at radius 1 is 1.00 bits per heavy atom. The number of hydrogen-bond acceptors (Lipinski definition) is 4. The maximum absolute atomic E-state index is 13.1. The molecule has 4 aliphatic rings. The van der Waals surface area contributed by atoms with Crippen LogP contribution in [0.4, 0.5) is 0 Å². The van der Waals surface area contributed by atoms with Crippen molar-refractivity contribution in [1.29, 1.82) is 0 Å². The number of benzene rings is 1. The number of phenolic OH excluding ortho intramolecular Hbond substituents is 1. The Kier molecular flexibility index (Phi) is 9.67. The minimum atomic E-state index is -0.283. The van der Waals surface area contributed by atoms with Crippen molar-refractivity contribution >= 4 is 12.0 Å². The number of phenols is 1. The summed E-state index contributed by atoms with van der Waals surface area (Å²) in [5.41, 5.74) is 3.44. The zero-order chi connectivity index (χ0) is 32.8. The van der Waals surface area contributed by atoms with Crippen LogP contribution in [0.15, 0.2) is 35.9 Å². The third-order valence-corrected chi connectivity index (χ3v) is 14.6. The first kappa shape index (κ1) is 34.1. The fourth-order valence-electron chi connectivity index (χ4n) is 11.9. The number of allylic oxidation sites excluding steroid dienone is 2. The molecule has 0 saturated heterocycles. The van der Waals surface area contributed by atoms with Crippen molar-refractivity contribution in [2.45, 2.75) is 132 Å². The molecule has 0 aliphatic heterocycles. The number of hydrogen-bond donors (Lipinski definition) is 1. The number of aromatic hydroxyl groups is 1. The van der Waals surface area contributed by atoms with Gasteiger partial charge in [0.25, 0.3) is 0 Å². The molecule has 45 heavy (non-hydrogen) atoms. The SMILES string of the molecule is CC[C@@]12CC[C@]3(C)[C@H]([C@H](C)CCC=C(C)C)CC[C@@]3(C)[C@@H]1CC[C@@H]1[C@H]2CC[C@@H](OC(=O)C=Cc2ccc(O)c(OC)c2)C1(C)C. The Morgan fingerprint density at radius 3 is 2.42 bits per heavy atom. The van der Waals surface area contributed by atoms with E-state index in [1.165, 1.54) is 83.0 Å². The van der Waals surface area contributed by atoms with E-state index in [2.05, 4.69) is 61.5 Å². The third-order valence-electron chi connectivity index (χ3n) is 14.6. The summed E-state index contributed by atoms with van der Waals surface area (Å²) in [6.45, 7) is 19.7. The van der Waals surface area contributed by atoms with Crippen LogP contribution in [0.2, 0.25) is 0 Å². The lowest BCUT2D eigenvalue weighted by Crippen LogP contribution is -2.63. The highest BCUT2D eigenvalue weighted by Crippen LogP contribution is 2.76. The predicted octanol–water partition coefficient (Wildman–Crippen LogP) is 10.8. The van der Waals surface area contributed by atoms with Gasteiger partial charge in [0.15, 0.2) is 11.5 Å². The molecule has 1 aromatic rings. The highest BCUT2D eigenvalue weighted by atomic mass is 16.5. The van der Waals surface area contributed by atoms with Crippen LogP contribution in [-0.4, -0.2) is 24.3 Å². The van der Waals surface area contributed by atoms with Gasteiger partial charge in [0, 0.05) is 11.5 Å². The summed E-state index contributed by atoms with van der Waals surface area (Å²) in [5.74, 6) is 3.91. The Balaban J connectivity index is 1.31. The summed E-state index contributed by atoms with van der Waals surface area (Å²) >= 11 is 0. The molecular weight excluding hydrogens is 556 g/mol. The third kappa shape index (κ3) is 5.80. The van der Waals surface area contributed by atoms with E-state index in [0.29, 0.717) is 33.8 Å². The van der Waals surface area contributed by atoms with Crippen LogP contribution >= 0.6 is 0 Å². The van der Waals surface area contributed by atoms with Crippen molar-refractivity contribution in [3.63, 3.8) is 0 Å². The topological polar surface area (TPSA) is 55.8 Å². The number of carbonyl (C=O) groups excluding carboxylic acids is 1. The van der Waals surface area contributed by atoms with Crippen molar-refractivity contribution in [2.24, 2.45) is 51.2 Å². The number of carbonyl (C=O) groups is 1. The van der Waals surface area contributed by atoms with Crippen molar-refractivity contribution in [2.75, 3.05) is 7.11 Å². The fraction of sp³-hybridized carbons (Fsp3) is 0.732. The fourth-order valence-corrected chi connectivity index (χ4v) is 11.9. The molecule has 0 aromatic heterocycles. The van der Waals surface area contributed by atoms with Gasteiger partial charge in [-0.3, -0.25) is 0 Å². The normalized spacial score (nSPS) is 37.7. The Morgan fingerprint density at radius 2 is 1.73 bits per heavy atom. The van der Waals surface area contributed by atoms with Crippen molar-refractivity contribution in [3.05, 3.63) is 41.5 Å². The molecule has 0 bridgehead atoms. The molecule has 5 rings (SSSR count). The number of methoxy groups -OCH3 is 1. The summed E-state index contributed by atoms with van der Waals surface area (Å²) in [5, 5.41) is 9.90. The van der Waals surface area contributed by atoms with Gasteiger partial charge in [-0.25, -0.2) is 4.79 Å². The second kappa shape index (κ2) is 12.8. The van der Waals surface area contributed by atoms with E-state index in [1.54, 1.807) is 24.3 Å². The zero-order valence-electron chi connectivity index (χ0n) is 29.9. The summed E-state index contributed by atoms with van der Waals surface area (Å²) in [7, 11) is 1.52.